The van der Waals surface area contributed by atoms with Gasteiger partial charge in [-0.2, -0.15) is 0 Å². The normalized spacial score (nSPS) is 18.8. The number of esters is 1. The predicted molar refractivity (Wildman–Crippen MR) is 73.6 cm³/mol. The Labute approximate surface area is 120 Å². The number of aromatic amines is 1. The Morgan fingerprint density at radius 3 is 2.76 bits per heavy atom. The minimum atomic E-state index is -2.56. The first-order valence-electron chi connectivity index (χ1n) is 6.95. The van der Waals surface area contributed by atoms with E-state index in [0.717, 1.165) is 5.52 Å². The van der Waals surface area contributed by atoms with E-state index in [2.05, 4.69) is 9.97 Å². The van der Waals surface area contributed by atoms with Crippen LogP contribution in [0.2, 0.25) is 0 Å². The quantitative estimate of drug-likeness (QED) is 0.860. The van der Waals surface area contributed by atoms with Crippen molar-refractivity contribution in [1.82, 2.24) is 9.97 Å². The minimum Gasteiger partial charge on any atom is -0.465 e. The zero-order chi connectivity index (χ0) is 15.0. The Morgan fingerprint density at radius 1 is 1.38 bits per heavy atom. The van der Waals surface area contributed by atoms with Crippen LogP contribution in [0, 0.1) is 0 Å². The Bertz CT molecular complexity index is 671. The van der Waals surface area contributed by atoms with Gasteiger partial charge in [-0.25, -0.2) is 18.6 Å². The number of alkyl halides is 2. The first-order chi connectivity index (χ1) is 10.00. The molecule has 0 bridgehead atoms. The summed E-state index contributed by atoms with van der Waals surface area (Å²) in [6.07, 6.45) is 0.581. The average molecular weight is 294 g/mol. The number of nitrogens with zero attached hydrogens (tertiary/aromatic N) is 1. The summed E-state index contributed by atoms with van der Waals surface area (Å²) in [5.41, 5.74) is 1.65. The third kappa shape index (κ3) is 2.62. The number of imidazole rings is 1. The van der Waals surface area contributed by atoms with Gasteiger partial charge in [0.2, 0.25) is 5.92 Å². The van der Waals surface area contributed by atoms with Gasteiger partial charge in [-0.3, -0.25) is 0 Å². The van der Waals surface area contributed by atoms with Crippen molar-refractivity contribution < 1.29 is 18.3 Å². The number of para-hydroxylation sites is 1. The lowest BCUT2D eigenvalue weighted by Crippen LogP contribution is -2.24. The van der Waals surface area contributed by atoms with E-state index in [0.29, 0.717) is 29.7 Å². The summed E-state index contributed by atoms with van der Waals surface area (Å²) >= 11 is 0. The van der Waals surface area contributed by atoms with Gasteiger partial charge in [-0.05, 0) is 25.0 Å². The molecule has 0 radical (unpaired) electrons. The van der Waals surface area contributed by atoms with Gasteiger partial charge in [-0.1, -0.05) is 6.07 Å². The lowest BCUT2D eigenvalue weighted by molar-refractivity contribution is -0.0387. The number of fused-ring (bicyclic) bond motifs is 1. The number of hydrogen-bond donors (Lipinski definition) is 1. The Morgan fingerprint density at radius 2 is 2.10 bits per heavy atom. The Kier molecular flexibility index (Phi) is 3.39. The Hall–Kier alpha value is -1.98. The van der Waals surface area contributed by atoms with Crippen molar-refractivity contribution in [1.29, 1.82) is 0 Å². The molecule has 1 saturated carbocycles. The van der Waals surface area contributed by atoms with Crippen LogP contribution < -0.4 is 0 Å². The van der Waals surface area contributed by atoms with Gasteiger partial charge in [0.05, 0.1) is 18.2 Å². The fourth-order valence-corrected chi connectivity index (χ4v) is 2.83. The molecule has 1 aliphatic carbocycles. The number of methoxy groups -OCH3 is 1. The molecule has 0 spiro atoms. The number of nitrogens with one attached hydrogen (secondary N) is 1. The summed E-state index contributed by atoms with van der Waals surface area (Å²) in [6, 6.07) is 5.20. The van der Waals surface area contributed by atoms with Crippen LogP contribution in [0.3, 0.4) is 0 Å². The van der Waals surface area contributed by atoms with Gasteiger partial charge in [0, 0.05) is 18.8 Å². The van der Waals surface area contributed by atoms with Gasteiger partial charge in [-0.15, -0.1) is 0 Å². The molecule has 4 nitrogen and oxygen atoms in total. The van der Waals surface area contributed by atoms with E-state index in [1.54, 1.807) is 12.1 Å². The number of halogens is 2. The molecule has 3 rings (SSSR count). The van der Waals surface area contributed by atoms with E-state index >= 15 is 0 Å². The van der Waals surface area contributed by atoms with E-state index in [1.165, 1.54) is 7.11 Å². The average Bonchev–Trinajstić information content (AvgIpc) is 2.90. The summed E-state index contributed by atoms with van der Waals surface area (Å²) in [7, 11) is 1.32. The number of hydrogen-bond acceptors (Lipinski definition) is 3. The predicted octanol–water partition coefficient (Wildman–Crippen LogP) is 3.64. The van der Waals surface area contributed by atoms with Crippen LogP contribution in [0.5, 0.6) is 0 Å². The summed E-state index contributed by atoms with van der Waals surface area (Å²) in [6.45, 7) is 0. The summed E-state index contributed by atoms with van der Waals surface area (Å²) in [4.78, 5) is 19.3. The molecule has 6 heteroatoms. The van der Waals surface area contributed by atoms with Crippen LogP contribution in [0.1, 0.15) is 47.8 Å². The second-order valence-electron chi connectivity index (χ2n) is 5.45. The third-order valence-electron chi connectivity index (χ3n) is 4.04. The maximum absolute atomic E-state index is 13.2. The third-order valence-corrected chi connectivity index (χ3v) is 4.04. The highest BCUT2D eigenvalue weighted by Gasteiger charge is 2.36. The smallest absolute Gasteiger partial charge is 0.340 e. The van der Waals surface area contributed by atoms with Gasteiger partial charge < -0.3 is 9.72 Å². The summed E-state index contributed by atoms with van der Waals surface area (Å²) < 4.78 is 31.2. The molecule has 112 valence electrons. The monoisotopic (exact) mass is 294 g/mol. The van der Waals surface area contributed by atoms with E-state index in [4.69, 9.17) is 4.74 Å². The fourth-order valence-electron chi connectivity index (χ4n) is 2.83. The van der Waals surface area contributed by atoms with Crippen molar-refractivity contribution in [2.45, 2.75) is 37.5 Å². The number of carbonyl (C=O) groups is 1. The second kappa shape index (κ2) is 5.09. The van der Waals surface area contributed by atoms with Crippen molar-refractivity contribution in [3.8, 4) is 0 Å². The van der Waals surface area contributed by atoms with Gasteiger partial charge in [0.15, 0.2) is 0 Å². The van der Waals surface area contributed by atoms with E-state index in [-0.39, 0.29) is 18.8 Å². The Balaban J connectivity index is 1.93. The topological polar surface area (TPSA) is 55.0 Å². The number of H-pyrrole nitrogens is 1. The molecule has 0 atom stereocenters. The van der Waals surface area contributed by atoms with E-state index in [1.807, 2.05) is 6.07 Å². The van der Waals surface area contributed by atoms with Crippen molar-refractivity contribution in [3.05, 3.63) is 29.6 Å². The molecule has 0 aliphatic heterocycles. The molecule has 1 N–H and O–H groups in total. The highest BCUT2D eigenvalue weighted by Crippen LogP contribution is 2.40. The van der Waals surface area contributed by atoms with Crippen LogP contribution in [-0.2, 0) is 4.74 Å². The number of benzene rings is 1. The van der Waals surface area contributed by atoms with Gasteiger partial charge in [0.1, 0.15) is 11.3 Å². The van der Waals surface area contributed by atoms with Crippen LogP contribution >= 0.6 is 0 Å². The standard InChI is InChI=1S/C15H16F2N2O2/c1-21-14(20)10-3-2-4-11-12(10)19-13(18-11)9-5-7-15(16,17)8-6-9/h2-4,9H,5-8H2,1H3,(H,18,19). The molecule has 0 amide bonds. The molecule has 0 unspecified atom stereocenters. The van der Waals surface area contributed by atoms with Crippen molar-refractivity contribution in [2.75, 3.05) is 7.11 Å². The molecule has 1 heterocycles. The lowest BCUT2D eigenvalue weighted by Gasteiger charge is -2.26. The SMILES string of the molecule is COC(=O)c1cccc2[nH]c(C3CCC(F)(F)CC3)nc12. The first-order valence-corrected chi connectivity index (χ1v) is 6.95. The fraction of sp³-hybridized carbons (Fsp3) is 0.467. The number of rotatable bonds is 2. The lowest BCUT2D eigenvalue weighted by atomic mass is 9.86. The maximum Gasteiger partial charge on any atom is 0.340 e. The molecular weight excluding hydrogens is 278 g/mol. The number of aromatic nitrogens is 2. The zero-order valence-electron chi connectivity index (χ0n) is 11.7. The minimum absolute atomic E-state index is 0.0116. The molecule has 0 saturated heterocycles. The first kappa shape index (κ1) is 14.0. The summed E-state index contributed by atoms with van der Waals surface area (Å²) in [5, 5.41) is 0. The molecule has 1 aromatic carbocycles. The largest absolute Gasteiger partial charge is 0.465 e. The molecule has 1 fully saturated rings. The van der Waals surface area contributed by atoms with Crippen LogP contribution in [0.25, 0.3) is 11.0 Å². The maximum atomic E-state index is 13.2. The molecular formula is C15H16F2N2O2. The zero-order valence-corrected chi connectivity index (χ0v) is 11.7. The van der Waals surface area contributed by atoms with E-state index in [9.17, 15) is 13.6 Å². The van der Waals surface area contributed by atoms with Crippen molar-refractivity contribution >= 4 is 17.0 Å². The van der Waals surface area contributed by atoms with Gasteiger partial charge >= 0.3 is 5.97 Å². The highest BCUT2D eigenvalue weighted by molar-refractivity contribution is 6.01. The van der Waals surface area contributed by atoms with Crippen LogP contribution in [0.4, 0.5) is 8.78 Å². The molecule has 21 heavy (non-hydrogen) atoms. The highest BCUT2D eigenvalue weighted by atomic mass is 19.3. The number of carbonyl (C=O) groups excluding carboxylic acids is 1. The van der Waals surface area contributed by atoms with Gasteiger partial charge in [0.25, 0.3) is 0 Å². The number of ether oxygens (including phenoxy) is 1. The van der Waals surface area contributed by atoms with Crippen molar-refractivity contribution in [3.63, 3.8) is 0 Å². The molecule has 2 aromatic rings. The van der Waals surface area contributed by atoms with E-state index < -0.39 is 11.9 Å². The van der Waals surface area contributed by atoms with Crippen molar-refractivity contribution in [2.24, 2.45) is 0 Å². The summed E-state index contributed by atoms with van der Waals surface area (Å²) in [5.74, 6) is -2.34. The second-order valence-corrected chi connectivity index (χ2v) is 5.45. The molecule has 1 aromatic heterocycles. The van der Waals surface area contributed by atoms with Crippen LogP contribution in [0.15, 0.2) is 18.2 Å². The molecule has 1 aliphatic rings. The van der Waals surface area contributed by atoms with Crippen LogP contribution in [-0.4, -0.2) is 29.0 Å².